The number of nitrogens with one attached hydrogen (secondary N) is 3. The Morgan fingerprint density at radius 2 is 2.10 bits per heavy atom. The first-order valence-corrected chi connectivity index (χ1v) is 6.68. The van der Waals surface area contributed by atoms with Gasteiger partial charge in [-0.1, -0.05) is 0 Å². The van der Waals surface area contributed by atoms with Crippen LogP contribution in [0.15, 0.2) is 6.33 Å². The third-order valence-electron chi connectivity index (χ3n) is 2.78. The average molecular weight is 281 g/mol. The van der Waals surface area contributed by atoms with E-state index in [1.165, 1.54) is 6.33 Å². The van der Waals surface area contributed by atoms with Crippen molar-refractivity contribution < 1.29 is 9.53 Å². The number of hydrogen-bond acceptors (Lipinski definition) is 6. The van der Waals surface area contributed by atoms with Crippen molar-refractivity contribution in [2.24, 2.45) is 0 Å². The Morgan fingerprint density at radius 3 is 2.75 bits per heavy atom. The molecule has 0 saturated heterocycles. The normalized spacial score (nSPS) is 11.8. The van der Waals surface area contributed by atoms with Crippen LogP contribution in [0.25, 0.3) is 0 Å². The SMILES string of the molecule is CCNc1ncnc(NC(C)C(=O)NCCOC)c1C. The maximum Gasteiger partial charge on any atom is 0.242 e. The molecule has 20 heavy (non-hydrogen) atoms. The first-order chi connectivity index (χ1) is 9.60. The van der Waals surface area contributed by atoms with Crippen molar-refractivity contribution in [3.05, 3.63) is 11.9 Å². The lowest BCUT2D eigenvalue weighted by atomic mass is 10.2. The summed E-state index contributed by atoms with van der Waals surface area (Å²) >= 11 is 0. The quantitative estimate of drug-likeness (QED) is 0.610. The molecule has 0 fully saturated rings. The van der Waals surface area contributed by atoms with E-state index < -0.39 is 0 Å². The van der Waals surface area contributed by atoms with Crippen LogP contribution < -0.4 is 16.0 Å². The van der Waals surface area contributed by atoms with E-state index in [2.05, 4.69) is 25.9 Å². The number of nitrogens with zero attached hydrogens (tertiary/aromatic N) is 2. The van der Waals surface area contributed by atoms with Crippen LogP contribution in [0.3, 0.4) is 0 Å². The Kier molecular flexibility index (Phi) is 6.72. The number of hydrogen-bond donors (Lipinski definition) is 3. The minimum atomic E-state index is -0.380. The molecule has 112 valence electrons. The van der Waals surface area contributed by atoms with Gasteiger partial charge in [0.15, 0.2) is 0 Å². The Morgan fingerprint density at radius 1 is 1.40 bits per heavy atom. The van der Waals surface area contributed by atoms with Crippen LogP contribution in [0.4, 0.5) is 11.6 Å². The summed E-state index contributed by atoms with van der Waals surface area (Å²) in [5.74, 6) is 1.34. The highest BCUT2D eigenvalue weighted by Crippen LogP contribution is 2.18. The number of methoxy groups -OCH3 is 1. The molecule has 1 heterocycles. The molecule has 1 unspecified atom stereocenters. The molecule has 3 N–H and O–H groups in total. The molecular weight excluding hydrogens is 258 g/mol. The van der Waals surface area contributed by atoms with E-state index in [1.807, 2.05) is 13.8 Å². The maximum absolute atomic E-state index is 11.9. The summed E-state index contributed by atoms with van der Waals surface area (Å²) in [5, 5.41) is 9.02. The number of ether oxygens (including phenoxy) is 1. The van der Waals surface area contributed by atoms with Gasteiger partial charge in [0.2, 0.25) is 5.91 Å². The molecule has 0 aliphatic rings. The largest absolute Gasteiger partial charge is 0.383 e. The van der Waals surface area contributed by atoms with Crippen LogP contribution in [-0.2, 0) is 9.53 Å². The molecule has 7 heteroatoms. The van der Waals surface area contributed by atoms with Crippen LogP contribution >= 0.6 is 0 Å². The van der Waals surface area contributed by atoms with Gasteiger partial charge in [-0.25, -0.2) is 9.97 Å². The fraction of sp³-hybridized carbons (Fsp3) is 0.615. The molecule has 7 nitrogen and oxygen atoms in total. The Balaban J connectivity index is 2.63. The van der Waals surface area contributed by atoms with Gasteiger partial charge in [-0.3, -0.25) is 4.79 Å². The first kappa shape index (κ1) is 16.2. The van der Waals surface area contributed by atoms with E-state index in [9.17, 15) is 4.79 Å². The molecule has 1 aromatic heterocycles. The predicted octanol–water partition coefficient (Wildman–Crippen LogP) is 0.780. The number of anilines is 2. The van der Waals surface area contributed by atoms with E-state index in [1.54, 1.807) is 14.0 Å². The van der Waals surface area contributed by atoms with E-state index >= 15 is 0 Å². The predicted molar refractivity (Wildman–Crippen MR) is 78.9 cm³/mol. The second-order valence-electron chi connectivity index (χ2n) is 4.38. The van der Waals surface area contributed by atoms with Gasteiger partial charge >= 0.3 is 0 Å². The van der Waals surface area contributed by atoms with Crippen molar-refractivity contribution in [2.45, 2.75) is 26.8 Å². The lowest BCUT2D eigenvalue weighted by Crippen LogP contribution is -2.39. The summed E-state index contributed by atoms with van der Waals surface area (Å²) in [4.78, 5) is 20.2. The standard InChI is InChI=1S/C13H23N5O2/c1-5-14-11-9(2)12(17-8-16-11)18-10(3)13(19)15-6-7-20-4/h8,10H,5-7H2,1-4H3,(H,15,19)(H2,14,16,17,18). The molecule has 0 aliphatic carbocycles. The van der Waals surface area contributed by atoms with Crippen molar-refractivity contribution in [1.29, 1.82) is 0 Å². The number of rotatable bonds is 8. The molecule has 0 aromatic carbocycles. The lowest BCUT2D eigenvalue weighted by molar-refractivity contribution is -0.121. The summed E-state index contributed by atoms with van der Waals surface area (Å²) in [7, 11) is 1.60. The minimum absolute atomic E-state index is 0.0925. The molecule has 1 rings (SSSR count). The fourth-order valence-corrected chi connectivity index (χ4v) is 1.64. The molecule has 1 aromatic rings. The summed E-state index contributed by atoms with van der Waals surface area (Å²) in [6.45, 7) is 7.47. The summed E-state index contributed by atoms with van der Waals surface area (Å²) in [6, 6.07) is -0.380. The molecule has 0 saturated carbocycles. The van der Waals surface area contributed by atoms with E-state index in [0.29, 0.717) is 19.0 Å². The third kappa shape index (κ3) is 4.65. The van der Waals surface area contributed by atoms with Crippen molar-refractivity contribution in [3.63, 3.8) is 0 Å². The highest BCUT2D eigenvalue weighted by molar-refractivity contribution is 5.84. The Labute approximate surface area is 119 Å². The first-order valence-electron chi connectivity index (χ1n) is 6.68. The zero-order valence-corrected chi connectivity index (χ0v) is 12.5. The molecule has 0 radical (unpaired) electrons. The second kappa shape index (κ2) is 8.31. The highest BCUT2D eigenvalue weighted by Gasteiger charge is 2.15. The summed E-state index contributed by atoms with van der Waals surface area (Å²) < 4.78 is 4.89. The van der Waals surface area contributed by atoms with E-state index in [-0.39, 0.29) is 11.9 Å². The second-order valence-corrected chi connectivity index (χ2v) is 4.38. The van der Waals surface area contributed by atoms with Gasteiger partial charge in [0.05, 0.1) is 6.61 Å². The monoisotopic (exact) mass is 281 g/mol. The zero-order chi connectivity index (χ0) is 15.0. The number of carbonyl (C=O) groups excluding carboxylic acids is 1. The maximum atomic E-state index is 11.9. The zero-order valence-electron chi connectivity index (χ0n) is 12.5. The smallest absolute Gasteiger partial charge is 0.242 e. The summed E-state index contributed by atoms with van der Waals surface area (Å²) in [6.07, 6.45) is 1.48. The minimum Gasteiger partial charge on any atom is -0.383 e. The third-order valence-corrected chi connectivity index (χ3v) is 2.78. The number of amides is 1. The van der Waals surface area contributed by atoms with E-state index in [0.717, 1.165) is 17.9 Å². The van der Waals surface area contributed by atoms with Gasteiger partial charge in [0.25, 0.3) is 0 Å². The molecule has 0 bridgehead atoms. The number of aromatic nitrogens is 2. The van der Waals surface area contributed by atoms with Crippen LogP contribution in [0, 0.1) is 6.92 Å². The Bertz CT molecular complexity index is 439. The summed E-state index contributed by atoms with van der Waals surface area (Å²) in [5.41, 5.74) is 0.894. The molecule has 1 amide bonds. The molecule has 0 aliphatic heterocycles. The highest BCUT2D eigenvalue weighted by atomic mass is 16.5. The molecule has 1 atom stereocenters. The van der Waals surface area contributed by atoms with Crippen molar-refractivity contribution in [1.82, 2.24) is 15.3 Å². The Hall–Kier alpha value is -1.89. The topological polar surface area (TPSA) is 88.2 Å². The lowest BCUT2D eigenvalue weighted by Gasteiger charge is -2.17. The van der Waals surface area contributed by atoms with Crippen molar-refractivity contribution >= 4 is 17.5 Å². The molecule has 0 spiro atoms. The fourth-order valence-electron chi connectivity index (χ4n) is 1.64. The van der Waals surface area contributed by atoms with Gasteiger partial charge in [-0.2, -0.15) is 0 Å². The van der Waals surface area contributed by atoms with Crippen molar-refractivity contribution in [3.8, 4) is 0 Å². The van der Waals surface area contributed by atoms with Crippen molar-refractivity contribution in [2.75, 3.05) is 37.4 Å². The van der Waals surface area contributed by atoms with Crippen LogP contribution in [0.1, 0.15) is 19.4 Å². The van der Waals surface area contributed by atoms with Crippen LogP contribution in [0.5, 0.6) is 0 Å². The van der Waals surface area contributed by atoms with E-state index in [4.69, 9.17) is 4.74 Å². The number of carbonyl (C=O) groups is 1. The van der Waals surface area contributed by atoms with Gasteiger partial charge in [0.1, 0.15) is 24.0 Å². The van der Waals surface area contributed by atoms with Gasteiger partial charge in [-0.05, 0) is 20.8 Å². The van der Waals surface area contributed by atoms with Crippen LogP contribution in [0.2, 0.25) is 0 Å². The van der Waals surface area contributed by atoms with Gasteiger partial charge in [0, 0.05) is 25.8 Å². The average Bonchev–Trinajstić information content (AvgIpc) is 2.43. The van der Waals surface area contributed by atoms with Gasteiger partial charge in [-0.15, -0.1) is 0 Å². The molecular formula is C13H23N5O2. The van der Waals surface area contributed by atoms with Crippen LogP contribution in [-0.4, -0.2) is 48.7 Å². The van der Waals surface area contributed by atoms with Gasteiger partial charge < -0.3 is 20.7 Å².